The van der Waals surface area contributed by atoms with Gasteiger partial charge >= 0.3 is 0 Å². The van der Waals surface area contributed by atoms with Gasteiger partial charge in [0.25, 0.3) is 0 Å². The fourth-order valence-corrected chi connectivity index (χ4v) is 2.93. The summed E-state index contributed by atoms with van der Waals surface area (Å²) in [6.45, 7) is 0. The van der Waals surface area contributed by atoms with Crippen LogP contribution in [0, 0.1) is 11.8 Å². The SMILES string of the molecule is O[C@H]1CCCCCCCCC[C@@H]2C[C@H]21. The van der Waals surface area contributed by atoms with Crippen LogP contribution in [-0.4, -0.2) is 11.2 Å². The predicted octanol–water partition coefficient (Wildman–Crippen LogP) is 3.51. The molecule has 2 aliphatic rings. The lowest BCUT2D eigenvalue weighted by Gasteiger charge is -2.11. The van der Waals surface area contributed by atoms with Crippen molar-refractivity contribution in [3.63, 3.8) is 0 Å². The molecule has 0 bridgehead atoms. The molecule has 2 fully saturated rings. The number of fused-ring (bicyclic) bond motifs is 1. The molecule has 0 radical (unpaired) electrons. The van der Waals surface area contributed by atoms with Gasteiger partial charge < -0.3 is 5.11 Å². The van der Waals surface area contributed by atoms with Gasteiger partial charge in [-0.3, -0.25) is 0 Å². The van der Waals surface area contributed by atoms with E-state index in [9.17, 15) is 5.11 Å². The number of rotatable bonds is 0. The number of hydrogen-bond donors (Lipinski definition) is 1. The molecule has 2 rings (SSSR count). The van der Waals surface area contributed by atoms with Crippen LogP contribution in [0.4, 0.5) is 0 Å². The molecule has 1 N–H and O–H groups in total. The molecule has 0 aromatic heterocycles. The van der Waals surface area contributed by atoms with Gasteiger partial charge in [-0.1, -0.05) is 51.4 Å². The van der Waals surface area contributed by atoms with Crippen LogP contribution >= 0.6 is 0 Å². The maximum atomic E-state index is 9.90. The predicted molar refractivity (Wildman–Crippen MR) is 59.2 cm³/mol. The molecule has 0 aliphatic heterocycles. The Bertz CT molecular complexity index is 167. The summed E-state index contributed by atoms with van der Waals surface area (Å²) >= 11 is 0. The fourth-order valence-electron chi connectivity index (χ4n) is 2.93. The Morgan fingerprint density at radius 1 is 0.714 bits per heavy atom. The Kier molecular flexibility index (Phi) is 3.86. The quantitative estimate of drug-likeness (QED) is 0.628. The summed E-state index contributed by atoms with van der Waals surface area (Å²) in [5.41, 5.74) is 0. The molecule has 0 amide bonds. The Morgan fingerprint density at radius 2 is 1.29 bits per heavy atom. The molecule has 0 unspecified atom stereocenters. The average Bonchev–Trinajstić information content (AvgIpc) is 2.92. The van der Waals surface area contributed by atoms with Gasteiger partial charge in [0.2, 0.25) is 0 Å². The van der Waals surface area contributed by atoms with Crippen molar-refractivity contribution in [3.05, 3.63) is 0 Å². The monoisotopic (exact) mass is 196 g/mol. The first kappa shape index (κ1) is 10.5. The third kappa shape index (κ3) is 2.98. The second kappa shape index (κ2) is 5.16. The van der Waals surface area contributed by atoms with Gasteiger partial charge in [-0.2, -0.15) is 0 Å². The van der Waals surface area contributed by atoms with Crippen LogP contribution in [0.3, 0.4) is 0 Å². The van der Waals surface area contributed by atoms with E-state index in [1.165, 1.54) is 57.8 Å². The standard InChI is InChI=1S/C13H24O/c14-13-9-7-5-3-1-2-4-6-8-11-10-12(11)13/h11-14H,1-10H2/t11-,12-,13+/m1/s1. The van der Waals surface area contributed by atoms with Crippen molar-refractivity contribution in [2.24, 2.45) is 11.8 Å². The van der Waals surface area contributed by atoms with Crippen LogP contribution in [0.15, 0.2) is 0 Å². The second-order valence-electron chi connectivity index (χ2n) is 5.28. The molecule has 2 aliphatic carbocycles. The first-order valence-electron chi connectivity index (χ1n) is 6.56. The Morgan fingerprint density at radius 3 is 2.00 bits per heavy atom. The Labute approximate surface area is 87.9 Å². The van der Waals surface area contributed by atoms with Crippen LogP contribution in [0.1, 0.15) is 64.2 Å². The minimum absolute atomic E-state index is 0.0411. The lowest BCUT2D eigenvalue weighted by molar-refractivity contribution is 0.130. The summed E-state index contributed by atoms with van der Waals surface area (Å²) in [7, 11) is 0. The van der Waals surface area contributed by atoms with Crippen LogP contribution in [-0.2, 0) is 0 Å². The largest absolute Gasteiger partial charge is 0.393 e. The third-order valence-electron chi connectivity index (χ3n) is 4.05. The van der Waals surface area contributed by atoms with E-state index in [-0.39, 0.29) is 6.10 Å². The smallest absolute Gasteiger partial charge is 0.0571 e. The Balaban J connectivity index is 1.74. The minimum Gasteiger partial charge on any atom is -0.393 e. The van der Waals surface area contributed by atoms with E-state index < -0.39 is 0 Å². The minimum atomic E-state index is 0.0411. The fraction of sp³-hybridized carbons (Fsp3) is 1.00. The van der Waals surface area contributed by atoms with Gasteiger partial charge in [-0.15, -0.1) is 0 Å². The van der Waals surface area contributed by atoms with Crippen molar-refractivity contribution in [2.75, 3.05) is 0 Å². The highest BCUT2D eigenvalue weighted by Crippen LogP contribution is 2.46. The second-order valence-corrected chi connectivity index (χ2v) is 5.28. The molecular formula is C13H24O. The lowest BCUT2D eigenvalue weighted by atomic mass is 10.00. The third-order valence-corrected chi connectivity index (χ3v) is 4.05. The summed E-state index contributed by atoms with van der Waals surface area (Å²) < 4.78 is 0. The normalized spacial score (nSPS) is 40.5. The van der Waals surface area contributed by atoms with Gasteiger partial charge in [-0.25, -0.2) is 0 Å². The van der Waals surface area contributed by atoms with Crippen LogP contribution in [0.25, 0.3) is 0 Å². The molecule has 1 heteroatoms. The number of aliphatic hydroxyl groups is 1. The molecule has 0 saturated heterocycles. The van der Waals surface area contributed by atoms with Gasteiger partial charge in [0.05, 0.1) is 6.10 Å². The van der Waals surface area contributed by atoms with Gasteiger partial charge in [0.15, 0.2) is 0 Å². The maximum absolute atomic E-state index is 9.90. The molecule has 0 heterocycles. The molecule has 3 atom stereocenters. The van der Waals surface area contributed by atoms with Gasteiger partial charge in [0, 0.05) is 0 Å². The van der Waals surface area contributed by atoms with Crippen molar-refractivity contribution in [1.29, 1.82) is 0 Å². The highest BCUT2D eigenvalue weighted by atomic mass is 16.3. The molecule has 14 heavy (non-hydrogen) atoms. The maximum Gasteiger partial charge on any atom is 0.0571 e. The Hall–Kier alpha value is -0.0400. The molecule has 82 valence electrons. The molecule has 0 spiro atoms. The van der Waals surface area contributed by atoms with Crippen molar-refractivity contribution in [2.45, 2.75) is 70.3 Å². The zero-order valence-electron chi connectivity index (χ0n) is 9.25. The molecule has 2 saturated carbocycles. The van der Waals surface area contributed by atoms with E-state index in [0.29, 0.717) is 5.92 Å². The van der Waals surface area contributed by atoms with E-state index >= 15 is 0 Å². The first-order valence-corrected chi connectivity index (χ1v) is 6.56. The highest BCUT2D eigenvalue weighted by Gasteiger charge is 2.40. The van der Waals surface area contributed by atoms with Crippen molar-refractivity contribution >= 4 is 0 Å². The zero-order chi connectivity index (χ0) is 9.80. The summed E-state index contributed by atoms with van der Waals surface area (Å²) in [5.74, 6) is 1.58. The number of hydrogen-bond acceptors (Lipinski definition) is 1. The van der Waals surface area contributed by atoms with E-state index in [0.717, 1.165) is 12.3 Å². The van der Waals surface area contributed by atoms with Crippen molar-refractivity contribution < 1.29 is 5.11 Å². The van der Waals surface area contributed by atoms with Gasteiger partial charge in [0.1, 0.15) is 0 Å². The molecule has 0 aromatic rings. The van der Waals surface area contributed by atoms with Crippen LogP contribution in [0.2, 0.25) is 0 Å². The zero-order valence-corrected chi connectivity index (χ0v) is 9.25. The number of aliphatic hydroxyl groups excluding tert-OH is 1. The average molecular weight is 196 g/mol. The van der Waals surface area contributed by atoms with Crippen molar-refractivity contribution in [1.82, 2.24) is 0 Å². The van der Waals surface area contributed by atoms with E-state index in [1.807, 2.05) is 0 Å². The van der Waals surface area contributed by atoms with Crippen LogP contribution in [0.5, 0.6) is 0 Å². The highest BCUT2D eigenvalue weighted by molar-refractivity contribution is 4.91. The van der Waals surface area contributed by atoms with E-state index in [2.05, 4.69) is 0 Å². The first-order chi connectivity index (χ1) is 6.88. The topological polar surface area (TPSA) is 20.2 Å². The summed E-state index contributed by atoms with van der Waals surface area (Å²) in [6.07, 6.45) is 13.5. The van der Waals surface area contributed by atoms with E-state index in [1.54, 1.807) is 0 Å². The lowest BCUT2D eigenvalue weighted by Crippen LogP contribution is -2.10. The molecule has 1 nitrogen and oxygen atoms in total. The summed E-state index contributed by atoms with van der Waals surface area (Å²) in [5, 5.41) is 9.90. The summed E-state index contributed by atoms with van der Waals surface area (Å²) in [4.78, 5) is 0. The van der Waals surface area contributed by atoms with Gasteiger partial charge in [-0.05, 0) is 24.7 Å². The van der Waals surface area contributed by atoms with Crippen LogP contribution < -0.4 is 0 Å². The van der Waals surface area contributed by atoms with Crippen molar-refractivity contribution in [3.8, 4) is 0 Å². The van der Waals surface area contributed by atoms with E-state index in [4.69, 9.17) is 0 Å². The molecular weight excluding hydrogens is 172 g/mol. The molecule has 0 aromatic carbocycles. The summed E-state index contributed by atoms with van der Waals surface area (Å²) in [6, 6.07) is 0.